The van der Waals surface area contributed by atoms with Gasteiger partial charge >= 0.3 is 0 Å². The van der Waals surface area contributed by atoms with Crippen LogP contribution in [0, 0.1) is 11.3 Å². The third-order valence-corrected chi connectivity index (χ3v) is 3.09. The van der Waals surface area contributed by atoms with Crippen molar-refractivity contribution in [3.63, 3.8) is 0 Å². The summed E-state index contributed by atoms with van der Waals surface area (Å²) in [7, 11) is 3.37. The fraction of sp³-hybridized carbons (Fsp3) is 0.500. The molecular weight excluding hydrogens is 264 g/mol. The predicted molar refractivity (Wildman–Crippen MR) is 76.7 cm³/mol. The van der Waals surface area contributed by atoms with E-state index in [-0.39, 0.29) is 0 Å². The van der Waals surface area contributed by atoms with Gasteiger partial charge in [0.15, 0.2) is 0 Å². The largest absolute Gasteiger partial charge is 0.385 e. The lowest BCUT2D eigenvalue weighted by molar-refractivity contribution is 0.191. The lowest BCUT2D eigenvalue weighted by Gasteiger charge is -2.24. The molecule has 1 rings (SSSR count). The van der Waals surface area contributed by atoms with Crippen LogP contribution in [0.5, 0.6) is 0 Å². The summed E-state index contributed by atoms with van der Waals surface area (Å²) in [6, 6.07) is 7.54. The van der Waals surface area contributed by atoms with E-state index in [2.05, 4.69) is 11.0 Å². The van der Waals surface area contributed by atoms with Crippen LogP contribution in [0.25, 0.3) is 0 Å². The van der Waals surface area contributed by atoms with E-state index in [4.69, 9.17) is 26.3 Å². The van der Waals surface area contributed by atoms with Gasteiger partial charge in [0.2, 0.25) is 0 Å². The maximum atomic E-state index is 8.88. The van der Waals surface area contributed by atoms with Crippen molar-refractivity contribution in [1.82, 2.24) is 0 Å². The van der Waals surface area contributed by atoms with Crippen LogP contribution >= 0.6 is 11.6 Å². The molecule has 1 aromatic carbocycles. The first-order chi connectivity index (χ1) is 9.22. The molecule has 4 nitrogen and oxygen atoms in total. The second-order valence-electron chi connectivity index (χ2n) is 4.10. The Labute approximate surface area is 119 Å². The van der Waals surface area contributed by atoms with Crippen LogP contribution in [-0.2, 0) is 9.47 Å². The number of rotatable bonds is 8. The van der Waals surface area contributed by atoms with Gasteiger partial charge in [0, 0.05) is 39.6 Å². The summed E-state index contributed by atoms with van der Waals surface area (Å²) in [5, 5.41) is 9.36. The molecule has 0 aliphatic heterocycles. The van der Waals surface area contributed by atoms with Crippen molar-refractivity contribution in [3.05, 3.63) is 28.8 Å². The molecule has 5 heteroatoms. The number of nitrogens with zero attached hydrogens (tertiary/aromatic N) is 2. The highest BCUT2D eigenvalue weighted by atomic mass is 35.5. The second-order valence-corrected chi connectivity index (χ2v) is 4.51. The number of methoxy groups -OCH3 is 2. The number of hydrogen-bond donors (Lipinski definition) is 0. The van der Waals surface area contributed by atoms with Gasteiger partial charge in [-0.05, 0) is 24.6 Å². The lowest BCUT2D eigenvalue weighted by Crippen LogP contribution is -2.29. The molecule has 0 atom stereocenters. The summed E-state index contributed by atoms with van der Waals surface area (Å²) in [4.78, 5) is 2.18. The Balaban J connectivity index is 2.78. The van der Waals surface area contributed by atoms with Crippen LogP contribution in [0.15, 0.2) is 18.2 Å². The molecule has 0 saturated carbocycles. The van der Waals surface area contributed by atoms with E-state index in [0.29, 0.717) is 23.8 Å². The van der Waals surface area contributed by atoms with Crippen molar-refractivity contribution in [2.24, 2.45) is 0 Å². The Morgan fingerprint density at radius 2 is 1.95 bits per heavy atom. The number of anilines is 1. The Morgan fingerprint density at radius 3 is 2.53 bits per heavy atom. The summed E-state index contributed by atoms with van der Waals surface area (Å²) < 4.78 is 10.2. The first kappa shape index (κ1) is 15.8. The van der Waals surface area contributed by atoms with Gasteiger partial charge in [-0.1, -0.05) is 11.6 Å². The summed E-state index contributed by atoms with van der Waals surface area (Å²) in [6.45, 7) is 3.00. The van der Waals surface area contributed by atoms with Crippen molar-refractivity contribution in [2.75, 3.05) is 45.4 Å². The van der Waals surface area contributed by atoms with Crippen molar-refractivity contribution >= 4 is 17.3 Å². The minimum absolute atomic E-state index is 0.481. The molecule has 0 unspecified atom stereocenters. The van der Waals surface area contributed by atoms with E-state index in [0.717, 1.165) is 25.2 Å². The maximum Gasteiger partial charge on any atom is 0.101 e. The maximum absolute atomic E-state index is 8.88. The zero-order valence-corrected chi connectivity index (χ0v) is 12.1. The Kier molecular flexibility index (Phi) is 7.27. The molecule has 0 saturated heterocycles. The van der Waals surface area contributed by atoms with Gasteiger partial charge in [0.05, 0.1) is 17.2 Å². The van der Waals surface area contributed by atoms with Gasteiger partial charge in [-0.15, -0.1) is 0 Å². The van der Waals surface area contributed by atoms with Crippen molar-refractivity contribution in [1.29, 1.82) is 5.26 Å². The van der Waals surface area contributed by atoms with Crippen molar-refractivity contribution in [2.45, 2.75) is 6.42 Å². The average molecular weight is 283 g/mol. The van der Waals surface area contributed by atoms with Gasteiger partial charge in [-0.2, -0.15) is 5.26 Å². The number of nitriles is 1. The molecule has 0 aliphatic carbocycles. The Bertz CT molecular complexity index is 432. The summed E-state index contributed by atoms with van der Waals surface area (Å²) in [5.74, 6) is 0. The second kappa shape index (κ2) is 8.76. The minimum Gasteiger partial charge on any atom is -0.385 e. The fourth-order valence-corrected chi connectivity index (χ4v) is 1.98. The lowest BCUT2D eigenvalue weighted by atomic mass is 10.2. The van der Waals surface area contributed by atoms with Crippen LogP contribution in [0.1, 0.15) is 12.0 Å². The molecule has 19 heavy (non-hydrogen) atoms. The highest BCUT2D eigenvalue weighted by Crippen LogP contribution is 2.23. The molecule has 0 bridgehead atoms. The molecular formula is C14H19ClN2O2. The highest BCUT2D eigenvalue weighted by Gasteiger charge is 2.08. The molecule has 0 amide bonds. The van der Waals surface area contributed by atoms with Gasteiger partial charge < -0.3 is 14.4 Å². The zero-order chi connectivity index (χ0) is 14.1. The standard InChI is InChI=1S/C14H19ClN2O2/c1-18-8-3-6-17(7-9-19-2)13-5-4-12(11-16)14(15)10-13/h4-5,10H,3,6-9H2,1-2H3. The summed E-state index contributed by atoms with van der Waals surface area (Å²) in [5.41, 5.74) is 1.49. The number of benzene rings is 1. The molecule has 0 aromatic heterocycles. The number of halogens is 1. The first-order valence-electron chi connectivity index (χ1n) is 6.15. The van der Waals surface area contributed by atoms with Crippen LogP contribution in [-0.4, -0.2) is 40.5 Å². The van der Waals surface area contributed by atoms with Crippen LogP contribution in [0.2, 0.25) is 5.02 Å². The molecule has 0 heterocycles. The van der Waals surface area contributed by atoms with Crippen LogP contribution < -0.4 is 4.90 Å². The van der Waals surface area contributed by atoms with Crippen molar-refractivity contribution < 1.29 is 9.47 Å². The molecule has 104 valence electrons. The molecule has 0 spiro atoms. The first-order valence-corrected chi connectivity index (χ1v) is 6.53. The van der Waals surface area contributed by atoms with E-state index in [9.17, 15) is 0 Å². The summed E-state index contributed by atoms with van der Waals surface area (Å²) in [6.07, 6.45) is 0.928. The van der Waals surface area contributed by atoms with E-state index in [1.54, 1.807) is 20.3 Å². The Morgan fingerprint density at radius 1 is 1.21 bits per heavy atom. The molecule has 0 aliphatic rings. The SMILES string of the molecule is COCCCN(CCOC)c1ccc(C#N)c(Cl)c1. The van der Waals surface area contributed by atoms with E-state index >= 15 is 0 Å². The quantitative estimate of drug-likeness (QED) is 0.688. The predicted octanol–water partition coefficient (Wildman–Crippen LogP) is 2.70. The highest BCUT2D eigenvalue weighted by molar-refractivity contribution is 6.32. The average Bonchev–Trinajstić information content (AvgIpc) is 2.42. The number of hydrogen-bond acceptors (Lipinski definition) is 4. The topological polar surface area (TPSA) is 45.5 Å². The Hall–Kier alpha value is -1.28. The molecule has 0 N–H and O–H groups in total. The molecule has 0 fully saturated rings. The third kappa shape index (κ3) is 5.07. The van der Waals surface area contributed by atoms with Gasteiger partial charge in [0.1, 0.15) is 6.07 Å². The monoisotopic (exact) mass is 282 g/mol. The van der Waals surface area contributed by atoms with Crippen LogP contribution in [0.3, 0.4) is 0 Å². The van der Waals surface area contributed by atoms with Gasteiger partial charge in [-0.3, -0.25) is 0 Å². The normalized spacial score (nSPS) is 10.2. The number of ether oxygens (including phenoxy) is 2. The van der Waals surface area contributed by atoms with Crippen LogP contribution in [0.4, 0.5) is 5.69 Å². The third-order valence-electron chi connectivity index (χ3n) is 2.78. The van der Waals surface area contributed by atoms with E-state index in [1.165, 1.54) is 0 Å². The van der Waals surface area contributed by atoms with Gasteiger partial charge in [-0.25, -0.2) is 0 Å². The molecule has 1 aromatic rings. The van der Waals surface area contributed by atoms with E-state index in [1.807, 2.05) is 12.1 Å². The van der Waals surface area contributed by atoms with E-state index < -0.39 is 0 Å². The summed E-state index contributed by atoms with van der Waals surface area (Å²) >= 11 is 6.06. The fourth-order valence-electron chi connectivity index (χ4n) is 1.76. The minimum atomic E-state index is 0.481. The zero-order valence-electron chi connectivity index (χ0n) is 11.4. The smallest absolute Gasteiger partial charge is 0.101 e. The molecule has 0 radical (unpaired) electrons. The van der Waals surface area contributed by atoms with Crippen molar-refractivity contribution in [3.8, 4) is 6.07 Å². The van der Waals surface area contributed by atoms with Gasteiger partial charge in [0.25, 0.3) is 0 Å².